The van der Waals surface area contributed by atoms with Crippen molar-refractivity contribution in [1.29, 1.82) is 0 Å². The second kappa shape index (κ2) is 6.43. The molecule has 20 heavy (non-hydrogen) atoms. The van der Waals surface area contributed by atoms with Gasteiger partial charge in [0.05, 0.1) is 0 Å². The van der Waals surface area contributed by atoms with Crippen LogP contribution in [0.25, 0.3) is 0 Å². The zero-order valence-corrected chi connectivity index (χ0v) is 13.5. The molecule has 0 radical (unpaired) electrons. The van der Waals surface area contributed by atoms with Crippen molar-refractivity contribution >= 4 is 21.6 Å². The third kappa shape index (κ3) is 3.52. The maximum Gasteiger partial charge on any atom is 0.164 e. The van der Waals surface area contributed by atoms with Crippen LogP contribution >= 0.6 is 11.8 Å². The van der Waals surface area contributed by atoms with Crippen LogP contribution in [0.1, 0.15) is 17.3 Å². The van der Waals surface area contributed by atoms with Gasteiger partial charge in [-0.25, -0.2) is 8.42 Å². The number of nitrogens with zero attached hydrogens (tertiary/aromatic N) is 2. The van der Waals surface area contributed by atoms with Gasteiger partial charge in [0.15, 0.2) is 9.84 Å². The van der Waals surface area contributed by atoms with Gasteiger partial charge in [0.25, 0.3) is 0 Å². The van der Waals surface area contributed by atoms with Gasteiger partial charge in [0, 0.05) is 48.8 Å². The molecule has 5 nitrogen and oxygen atoms in total. The minimum atomic E-state index is -3.12. The molecule has 1 saturated heterocycles. The third-order valence-corrected chi connectivity index (χ3v) is 6.22. The van der Waals surface area contributed by atoms with Gasteiger partial charge in [-0.15, -0.1) is 0 Å². The van der Waals surface area contributed by atoms with E-state index in [1.165, 1.54) is 6.26 Å². The maximum absolute atomic E-state index is 12.0. The maximum atomic E-state index is 12.0. The zero-order valence-electron chi connectivity index (χ0n) is 11.8. The van der Waals surface area contributed by atoms with E-state index in [-0.39, 0.29) is 6.04 Å². The Morgan fingerprint density at radius 3 is 2.85 bits per heavy atom. The van der Waals surface area contributed by atoms with Crippen LogP contribution in [0.3, 0.4) is 0 Å². The molecule has 7 heteroatoms. The highest BCUT2D eigenvalue weighted by Gasteiger charge is 2.35. The van der Waals surface area contributed by atoms with Gasteiger partial charge in [-0.2, -0.15) is 11.8 Å². The van der Waals surface area contributed by atoms with Crippen LogP contribution in [0.4, 0.5) is 0 Å². The number of rotatable bonds is 4. The third-order valence-electron chi connectivity index (χ3n) is 3.56. The highest BCUT2D eigenvalue weighted by atomic mass is 32.2. The summed E-state index contributed by atoms with van der Waals surface area (Å²) in [5.74, 6) is 1.54. The molecule has 0 bridgehead atoms. The Bertz CT molecular complexity index is 545. The van der Waals surface area contributed by atoms with Crippen LogP contribution in [0.5, 0.6) is 0 Å². The molecule has 2 rings (SSSR count). The first-order valence-corrected chi connectivity index (χ1v) is 9.69. The lowest BCUT2D eigenvalue weighted by atomic mass is 10.1. The van der Waals surface area contributed by atoms with Crippen molar-refractivity contribution in [1.82, 2.24) is 9.88 Å². The fraction of sp³-hybridized carbons (Fsp3) is 0.615. The van der Waals surface area contributed by atoms with Crippen molar-refractivity contribution in [2.45, 2.75) is 18.3 Å². The Morgan fingerprint density at radius 2 is 2.30 bits per heavy atom. The molecule has 1 aliphatic rings. The second-order valence-corrected chi connectivity index (χ2v) is 8.43. The Kier molecular flexibility index (Phi) is 5.06. The Hall–Kier alpha value is -0.630. The predicted molar refractivity (Wildman–Crippen MR) is 83.4 cm³/mol. The average Bonchev–Trinajstić information content (AvgIpc) is 2.41. The van der Waals surface area contributed by atoms with Crippen LogP contribution in [-0.2, 0) is 9.84 Å². The number of hydrogen-bond donors (Lipinski definition) is 1. The lowest BCUT2D eigenvalue weighted by Gasteiger charge is -2.39. The van der Waals surface area contributed by atoms with Gasteiger partial charge in [0.2, 0.25) is 0 Å². The van der Waals surface area contributed by atoms with Crippen LogP contribution in [0.2, 0.25) is 0 Å². The first kappa shape index (κ1) is 15.8. The summed E-state index contributed by atoms with van der Waals surface area (Å²) in [5.41, 5.74) is 7.84. The van der Waals surface area contributed by atoms with Gasteiger partial charge in [0.1, 0.15) is 5.37 Å². The molecule has 112 valence electrons. The Morgan fingerprint density at radius 1 is 1.55 bits per heavy atom. The summed E-state index contributed by atoms with van der Waals surface area (Å²) in [6.45, 7) is 3.05. The van der Waals surface area contributed by atoms with Crippen LogP contribution in [0, 0.1) is 6.92 Å². The van der Waals surface area contributed by atoms with E-state index in [1.54, 1.807) is 18.0 Å². The number of hydrogen-bond acceptors (Lipinski definition) is 6. The standard InChI is InChI=1S/C13H21N3O2S2/c1-10-3-4-11(8-15-10)12(7-14)16-5-6-19-9-13(16)20(2,17)18/h3-4,8,12-13H,5-7,9,14H2,1-2H3. The highest BCUT2D eigenvalue weighted by molar-refractivity contribution is 8.00. The molecule has 0 amide bonds. The normalized spacial score (nSPS) is 22.6. The number of pyridine rings is 1. The number of sulfone groups is 1. The number of aromatic nitrogens is 1. The van der Waals surface area contributed by atoms with Crippen LogP contribution in [0.15, 0.2) is 18.3 Å². The Labute approximate surface area is 124 Å². The van der Waals surface area contributed by atoms with Gasteiger partial charge >= 0.3 is 0 Å². The van der Waals surface area contributed by atoms with E-state index in [1.807, 2.05) is 24.0 Å². The molecule has 0 aromatic carbocycles. The summed E-state index contributed by atoms with van der Waals surface area (Å²) in [4.78, 5) is 6.31. The first-order valence-electron chi connectivity index (χ1n) is 6.58. The largest absolute Gasteiger partial charge is 0.329 e. The van der Waals surface area contributed by atoms with E-state index in [4.69, 9.17) is 5.73 Å². The van der Waals surface area contributed by atoms with E-state index >= 15 is 0 Å². The van der Waals surface area contributed by atoms with Crippen molar-refractivity contribution in [3.63, 3.8) is 0 Å². The lowest BCUT2D eigenvalue weighted by Crippen LogP contribution is -2.50. The summed E-state index contributed by atoms with van der Waals surface area (Å²) in [5, 5.41) is -0.462. The summed E-state index contributed by atoms with van der Waals surface area (Å²) in [7, 11) is -3.12. The lowest BCUT2D eigenvalue weighted by molar-refractivity contribution is 0.197. The van der Waals surface area contributed by atoms with Crippen molar-refractivity contribution in [3.8, 4) is 0 Å². The van der Waals surface area contributed by atoms with Gasteiger partial charge in [-0.3, -0.25) is 9.88 Å². The Balaban J connectivity index is 2.31. The molecular weight excluding hydrogens is 294 g/mol. The summed E-state index contributed by atoms with van der Waals surface area (Å²) in [6, 6.07) is 3.83. The van der Waals surface area contributed by atoms with E-state index < -0.39 is 15.2 Å². The first-order chi connectivity index (χ1) is 9.43. The molecule has 1 fully saturated rings. The monoisotopic (exact) mass is 315 g/mol. The van der Waals surface area contributed by atoms with E-state index in [0.29, 0.717) is 12.3 Å². The zero-order chi connectivity index (χ0) is 14.8. The summed E-state index contributed by atoms with van der Waals surface area (Å²) >= 11 is 1.68. The van der Waals surface area contributed by atoms with Gasteiger partial charge in [-0.1, -0.05) is 6.07 Å². The fourth-order valence-corrected chi connectivity index (χ4v) is 5.38. The molecule has 1 aliphatic heterocycles. The number of nitrogens with two attached hydrogens (primary N) is 1. The molecule has 0 saturated carbocycles. The minimum Gasteiger partial charge on any atom is -0.329 e. The molecule has 2 unspecified atom stereocenters. The summed E-state index contributed by atoms with van der Waals surface area (Å²) < 4.78 is 24.0. The van der Waals surface area contributed by atoms with Gasteiger partial charge < -0.3 is 5.73 Å². The van der Waals surface area contributed by atoms with Crippen molar-refractivity contribution in [2.75, 3.05) is 30.9 Å². The van der Waals surface area contributed by atoms with Crippen LogP contribution in [-0.4, -0.2) is 54.5 Å². The highest BCUT2D eigenvalue weighted by Crippen LogP contribution is 2.29. The van der Waals surface area contributed by atoms with E-state index in [2.05, 4.69) is 4.98 Å². The predicted octanol–water partition coefficient (Wildman–Crippen LogP) is 0.809. The van der Waals surface area contributed by atoms with Gasteiger partial charge in [-0.05, 0) is 18.6 Å². The number of thioether (sulfide) groups is 1. The van der Waals surface area contributed by atoms with Crippen molar-refractivity contribution in [3.05, 3.63) is 29.6 Å². The minimum absolute atomic E-state index is 0.0938. The number of aryl methyl sites for hydroxylation is 1. The van der Waals surface area contributed by atoms with Crippen molar-refractivity contribution in [2.24, 2.45) is 5.73 Å². The molecule has 2 N–H and O–H groups in total. The molecule has 2 heterocycles. The molecule has 1 aromatic heterocycles. The quantitative estimate of drug-likeness (QED) is 0.886. The topological polar surface area (TPSA) is 76.3 Å². The van der Waals surface area contributed by atoms with E-state index in [0.717, 1.165) is 23.6 Å². The van der Waals surface area contributed by atoms with Crippen LogP contribution < -0.4 is 5.73 Å². The average molecular weight is 315 g/mol. The molecular formula is C13H21N3O2S2. The van der Waals surface area contributed by atoms with Crippen molar-refractivity contribution < 1.29 is 8.42 Å². The fourth-order valence-electron chi connectivity index (χ4n) is 2.46. The molecule has 0 spiro atoms. The SMILES string of the molecule is Cc1ccc(C(CN)N2CCSCC2S(C)(=O)=O)cn1. The van der Waals surface area contributed by atoms with E-state index in [9.17, 15) is 8.42 Å². The molecule has 0 aliphatic carbocycles. The smallest absolute Gasteiger partial charge is 0.164 e. The second-order valence-electron chi connectivity index (χ2n) is 5.08. The molecule has 2 atom stereocenters. The molecule has 1 aromatic rings. The summed E-state index contributed by atoms with van der Waals surface area (Å²) in [6.07, 6.45) is 3.10.